The number of nitrogens with two attached hydrogens (primary N) is 1. The Morgan fingerprint density at radius 1 is 1.42 bits per heavy atom. The Labute approximate surface area is 70.1 Å². The topological polar surface area (TPSA) is 63.3 Å². The van der Waals surface area contributed by atoms with E-state index in [1.807, 2.05) is 0 Å². The van der Waals surface area contributed by atoms with Gasteiger partial charge in [0.1, 0.15) is 5.75 Å². The molecule has 0 aliphatic heterocycles. The number of phenols is 1. The molecular formula is C9H9NO2. The van der Waals surface area contributed by atoms with Crippen molar-refractivity contribution in [2.24, 2.45) is 5.73 Å². The molecule has 0 aliphatic carbocycles. The molecule has 0 aromatic heterocycles. The van der Waals surface area contributed by atoms with Gasteiger partial charge in [-0.15, -0.1) is 0 Å². The molecule has 1 aromatic rings. The second-order valence-electron chi connectivity index (χ2n) is 2.29. The zero-order chi connectivity index (χ0) is 8.97. The first kappa shape index (κ1) is 8.33. The second-order valence-corrected chi connectivity index (χ2v) is 2.29. The summed E-state index contributed by atoms with van der Waals surface area (Å²) in [5.74, 6) is -0.395. The quantitative estimate of drug-likeness (QED) is 0.636. The van der Waals surface area contributed by atoms with Gasteiger partial charge in [-0.1, -0.05) is 18.2 Å². The Morgan fingerprint density at radius 2 is 2.08 bits per heavy atom. The molecule has 0 aliphatic rings. The maximum atomic E-state index is 10.3. The normalized spacial score (nSPS) is 10.3. The Morgan fingerprint density at radius 3 is 2.67 bits per heavy atom. The molecule has 12 heavy (non-hydrogen) atoms. The average molecular weight is 163 g/mol. The first-order valence-electron chi connectivity index (χ1n) is 3.45. The number of hydrogen-bond acceptors (Lipinski definition) is 2. The fourth-order valence-electron chi connectivity index (χ4n) is 0.800. The predicted octanol–water partition coefficient (Wildman–Crippen LogP) is 0.891. The Kier molecular flexibility index (Phi) is 2.48. The zero-order valence-corrected chi connectivity index (χ0v) is 6.40. The van der Waals surface area contributed by atoms with Crippen LogP contribution in [0.1, 0.15) is 5.56 Å². The Bertz CT molecular complexity index is 318. The van der Waals surface area contributed by atoms with Crippen LogP contribution in [0.25, 0.3) is 6.08 Å². The number of carbonyl (C=O) groups is 1. The lowest BCUT2D eigenvalue weighted by Gasteiger charge is -1.95. The monoisotopic (exact) mass is 163 g/mol. The van der Waals surface area contributed by atoms with Gasteiger partial charge < -0.3 is 10.8 Å². The predicted molar refractivity (Wildman–Crippen MR) is 46.3 cm³/mol. The molecule has 0 radical (unpaired) electrons. The summed E-state index contributed by atoms with van der Waals surface area (Å²) in [4.78, 5) is 10.3. The third-order valence-electron chi connectivity index (χ3n) is 1.36. The number of primary amides is 1. The summed E-state index contributed by atoms with van der Waals surface area (Å²) in [6.07, 6.45) is 2.67. The van der Waals surface area contributed by atoms with E-state index < -0.39 is 5.91 Å². The van der Waals surface area contributed by atoms with E-state index >= 15 is 0 Å². The molecule has 0 saturated carbocycles. The Balaban J connectivity index is 2.89. The number of benzene rings is 1. The minimum absolute atomic E-state index is 0.134. The first-order chi connectivity index (χ1) is 5.70. The van der Waals surface area contributed by atoms with Gasteiger partial charge >= 0.3 is 0 Å². The van der Waals surface area contributed by atoms with Gasteiger partial charge in [-0.05, 0) is 12.1 Å². The van der Waals surface area contributed by atoms with Crippen LogP contribution in [-0.2, 0) is 4.79 Å². The smallest absolute Gasteiger partial charge is 0.241 e. The molecule has 0 atom stereocenters. The lowest BCUT2D eigenvalue weighted by atomic mass is 10.2. The van der Waals surface area contributed by atoms with E-state index in [1.54, 1.807) is 24.3 Å². The van der Waals surface area contributed by atoms with E-state index in [1.165, 1.54) is 12.2 Å². The second kappa shape index (κ2) is 3.57. The lowest BCUT2D eigenvalue weighted by Crippen LogP contribution is -2.05. The summed E-state index contributed by atoms with van der Waals surface area (Å²) in [6, 6.07) is 6.70. The number of rotatable bonds is 2. The molecule has 0 bridgehead atoms. The summed E-state index contributed by atoms with van der Waals surface area (Å²) in [7, 11) is 0. The number of phenolic OH excluding ortho intramolecular Hbond substituents is 1. The zero-order valence-electron chi connectivity index (χ0n) is 6.40. The fourth-order valence-corrected chi connectivity index (χ4v) is 0.800. The van der Waals surface area contributed by atoms with Crippen LogP contribution in [0.2, 0.25) is 0 Å². The van der Waals surface area contributed by atoms with E-state index in [9.17, 15) is 9.90 Å². The average Bonchev–Trinajstić information content (AvgIpc) is 2.03. The lowest BCUT2D eigenvalue weighted by molar-refractivity contribution is -0.113. The van der Waals surface area contributed by atoms with Crippen molar-refractivity contribution in [1.82, 2.24) is 0 Å². The molecule has 1 rings (SSSR count). The van der Waals surface area contributed by atoms with Crippen LogP contribution < -0.4 is 5.73 Å². The SMILES string of the molecule is NC(=O)C=Cc1ccccc1O. The minimum atomic E-state index is -0.529. The largest absolute Gasteiger partial charge is 0.507 e. The van der Waals surface area contributed by atoms with E-state index in [0.717, 1.165) is 0 Å². The summed E-state index contributed by atoms with van der Waals surface area (Å²) >= 11 is 0. The van der Waals surface area contributed by atoms with Crippen LogP contribution in [0.3, 0.4) is 0 Å². The van der Waals surface area contributed by atoms with Gasteiger partial charge in [0.05, 0.1) is 0 Å². The molecule has 62 valence electrons. The van der Waals surface area contributed by atoms with Crippen LogP contribution in [-0.4, -0.2) is 11.0 Å². The third-order valence-corrected chi connectivity index (χ3v) is 1.36. The van der Waals surface area contributed by atoms with Crippen LogP contribution in [0, 0.1) is 0 Å². The standard InChI is InChI=1S/C9H9NO2/c10-9(12)6-5-7-3-1-2-4-8(7)11/h1-6,11H,(H2,10,12). The van der Waals surface area contributed by atoms with Gasteiger partial charge in [-0.3, -0.25) is 4.79 Å². The van der Waals surface area contributed by atoms with E-state index in [2.05, 4.69) is 0 Å². The van der Waals surface area contributed by atoms with Gasteiger partial charge in [0.15, 0.2) is 0 Å². The molecule has 0 unspecified atom stereocenters. The van der Waals surface area contributed by atoms with Crippen molar-refractivity contribution in [3.05, 3.63) is 35.9 Å². The summed E-state index contributed by atoms with van der Waals surface area (Å²) in [6.45, 7) is 0. The van der Waals surface area contributed by atoms with E-state index in [4.69, 9.17) is 5.73 Å². The molecule has 3 nitrogen and oxygen atoms in total. The summed E-state index contributed by atoms with van der Waals surface area (Å²) in [5.41, 5.74) is 5.46. The van der Waals surface area contributed by atoms with E-state index in [0.29, 0.717) is 5.56 Å². The van der Waals surface area contributed by atoms with Crippen LogP contribution in [0.4, 0.5) is 0 Å². The van der Waals surface area contributed by atoms with Gasteiger partial charge in [-0.25, -0.2) is 0 Å². The Hall–Kier alpha value is -1.77. The molecule has 0 heterocycles. The molecule has 0 spiro atoms. The molecule has 1 aromatic carbocycles. The molecule has 0 saturated heterocycles. The molecule has 3 heteroatoms. The van der Waals surface area contributed by atoms with Crippen LogP contribution in [0.15, 0.2) is 30.3 Å². The maximum absolute atomic E-state index is 10.3. The van der Waals surface area contributed by atoms with Crippen molar-refractivity contribution >= 4 is 12.0 Å². The highest BCUT2D eigenvalue weighted by atomic mass is 16.3. The highest BCUT2D eigenvalue weighted by Gasteiger charge is 1.93. The minimum Gasteiger partial charge on any atom is -0.507 e. The van der Waals surface area contributed by atoms with Gasteiger partial charge in [0, 0.05) is 11.6 Å². The fraction of sp³-hybridized carbons (Fsp3) is 0. The maximum Gasteiger partial charge on any atom is 0.241 e. The highest BCUT2D eigenvalue weighted by molar-refractivity contribution is 5.90. The van der Waals surface area contributed by atoms with Crippen molar-refractivity contribution in [2.45, 2.75) is 0 Å². The third kappa shape index (κ3) is 2.12. The number of para-hydroxylation sites is 1. The van der Waals surface area contributed by atoms with E-state index in [-0.39, 0.29) is 5.75 Å². The molecule has 0 fully saturated rings. The van der Waals surface area contributed by atoms with Crippen molar-refractivity contribution in [3.63, 3.8) is 0 Å². The van der Waals surface area contributed by atoms with Crippen LogP contribution in [0.5, 0.6) is 5.75 Å². The van der Waals surface area contributed by atoms with Crippen LogP contribution >= 0.6 is 0 Å². The van der Waals surface area contributed by atoms with Gasteiger partial charge in [-0.2, -0.15) is 0 Å². The van der Waals surface area contributed by atoms with Crippen molar-refractivity contribution in [3.8, 4) is 5.75 Å². The van der Waals surface area contributed by atoms with Gasteiger partial charge in [0.25, 0.3) is 0 Å². The molecular weight excluding hydrogens is 154 g/mol. The number of carbonyl (C=O) groups excluding carboxylic acids is 1. The summed E-state index contributed by atoms with van der Waals surface area (Å²) in [5, 5.41) is 9.22. The molecule has 1 amide bonds. The van der Waals surface area contributed by atoms with Crippen molar-refractivity contribution in [2.75, 3.05) is 0 Å². The van der Waals surface area contributed by atoms with Crippen molar-refractivity contribution in [1.29, 1.82) is 0 Å². The molecule has 3 N–H and O–H groups in total. The number of hydrogen-bond donors (Lipinski definition) is 2. The first-order valence-corrected chi connectivity index (χ1v) is 3.45. The number of amides is 1. The highest BCUT2D eigenvalue weighted by Crippen LogP contribution is 2.16. The van der Waals surface area contributed by atoms with Crippen molar-refractivity contribution < 1.29 is 9.90 Å². The summed E-state index contributed by atoms with van der Waals surface area (Å²) < 4.78 is 0. The van der Waals surface area contributed by atoms with Gasteiger partial charge in [0.2, 0.25) is 5.91 Å². The number of aromatic hydroxyl groups is 1.